The molecule has 0 aromatic heterocycles. The Morgan fingerprint density at radius 3 is 2.43 bits per heavy atom. The van der Waals surface area contributed by atoms with Gasteiger partial charge in [-0.15, -0.1) is 0 Å². The summed E-state index contributed by atoms with van der Waals surface area (Å²) in [6.07, 6.45) is 3.59. The van der Waals surface area contributed by atoms with Crippen molar-refractivity contribution in [2.24, 2.45) is 11.1 Å². The summed E-state index contributed by atoms with van der Waals surface area (Å²) in [5.41, 5.74) is 6.27. The van der Waals surface area contributed by atoms with Crippen molar-refractivity contribution in [2.45, 2.75) is 25.7 Å². The second-order valence-electron chi connectivity index (χ2n) is 5.47. The number of anilines is 1. The summed E-state index contributed by atoms with van der Waals surface area (Å²) in [6, 6.07) is 3.28. The number of hydrogen-bond acceptors (Lipinski definition) is 4. The molecule has 0 aliphatic heterocycles. The summed E-state index contributed by atoms with van der Waals surface area (Å²) in [7, 11) is 3.07. The predicted octanol–water partition coefficient (Wildman–Crippen LogP) is 2.81. The van der Waals surface area contributed by atoms with E-state index >= 15 is 0 Å². The van der Waals surface area contributed by atoms with E-state index in [0.717, 1.165) is 19.3 Å². The van der Waals surface area contributed by atoms with Gasteiger partial charge in [-0.1, -0.05) is 18.0 Å². The number of carbonyl (C=O) groups excluding carboxylic acids is 1. The van der Waals surface area contributed by atoms with Gasteiger partial charge in [0.05, 0.1) is 24.9 Å². The first-order chi connectivity index (χ1) is 10.0. The number of nitrogens with one attached hydrogen (secondary N) is 1. The highest BCUT2D eigenvalue weighted by Gasteiger charge is 2.37. The lowest BCUT2D eigenvalue weighted by molar-refractivity contribution is -0.119. The van der Waals surface area contributed by atoms with Crippen LogP contribution in [0.1, 0.15) is 25.7 Å². The molecule has 0 bridgehead atoms. The zero-order valence-corrected chi connectivity index (χ0v) is 13.1. The van der Waals surface area contributed by atoms with Crippen LogP contribution in [0.5, 0.6) is 11.5 Å². The van der Waals surface area contributed by atoms with Gasteiger partial charge in [0.15, 0.2) is 11.5 Å². The minimum absolute atomic E-state index is 0.0346. The van der Waals surface area contributed by atoms with Crippen LogP contribution in [0.15, 0.2) is 12.1 Å². The normalized spacial score (nSPS) is 16.0. The fourth-order valence-corrected chi connectivity index (χ4v) is 2.82. The van der Waals surface area contributed by atoms with E-state index in [1.807, 2.05) is 0 Å². The number of nitrogens with two attached hydrogens (primary N) is 1. The average Bonchev–Trinajstić information content (AvgIpc) is 2.44. The first kappa shape index (κ1) is 15.9. The second-order valence-corrected chi connectivity index (χ2v) is 5.88. The maximum Gasteiger partial charge on any atom is 0.225 e. The fourth-order valence-electron chi connectivity index (χ4n) is 2.61. The lowest BCUT2D eigenvalue weighted by Gasteiger charge is -2.40. The zero-order valence-electron chi connectivity index (χ0n) is 12.4. The Labute approximate surface area is 129 Å². The summed E-state index contributed by atoms with van der Waals surface area (Å²) < 4.78 is 10.4. The van der Waals surface area contributed by atoms with Gasteiger partial charge >= 0.3 is 0 Å². The van der Waals surface area contributed by atoms with E-state index < -0.39 is 0 Å². The topological polar surface area (TPSA) is 73.6 Å². The third kappa shape index (κ3) is 3.41. The molecule has 0 spiro atoms. The lowest BCUT2D eigenvalue weighted by Crippen LogP contribution is -2.40. The van der Waals surface area contributed by atoms with Gasteiger partial charge < -0.3 is 20.5 Å². The largest absolute Gasteiger partial charge is 0.493 e. The van der Waals surface area contributed by atoms with Gasteiger partial charge in [-0.3, -0.25) is 4.79 Å². The number of carbonyl (C=O) groups is 1. The Balaban J connectivity index is 2.10. The number of methoxy groups -OCH3 is 2. The molecule has 1 aliphatic rings. The summed E-state index contributed by atoms with van der Waals surface area (Å²) in [5.74, 6) is 0.974. The molecule has 116 valence electrons. The molecule has 1 fully saturated rings. The van der Waals surface area contributed by atoms with Crippen LogP contribution in [0.2, 0.25) is 5.02 Å². The van der Waals surface area contributed by atoms with Gasteiger partial charge in [0.1, 0.15) is 0 Å². The highest BCUT2D eigenvalue weighted by atomic mass is 35.5. The number of halogens is 1. The van der Waals surface area contributed by atoms with Gasteiger partial charge in [0.25, 0.3) is 0 Å². The van der Waals surface area contributed by atoms with Crippen molar-refractivity contribution in [1.82, 2.24) is 0 Å². The Bertz CT molecular complexity index is 524. The van der Waals surface area contributed by atoms with Crippen molar-refractivity contribution >= 4 is 23.2 Å². The van der Waals surface area contributed by atoms with E-state index in [1.54, 1.807) is 12.1 Å². The van der Waals surface area contributed by atoms with Crippen LogP contribution in [0.4, 0.5) is 5.69 Å². The van der Waals surface area contributed by atoms with E-state index in [0.29, 0.717) is 35.2 Å². The monoisotopic (exact) mass is 312 g/mol. The second kappa shape index (κ2) is 6.54. The zero-order chi connectivity index (χ0) is 15.5. The molecule has 1 amide bonds. The molecule has 1 saturated carbocycles. The number of amides is 1. The Morgan fingerprint density at radius 2 is 1.95 bits per heavy atom. The molecule has 0 heterocycles. The molecule has 1 aromatic carbocycles. The number of rotatable bonds is 6. The van der Waals surface area contributed by atoms with Gasteiger partial charge in [-0.05, 0) is 24.8 Å². The lowest BCUT2D eigenvalue weighted by atomic mass is 9.66. The number of benzene rings is 1. The van der Waals surface area contributed by atoms with E-state index in [1.165, 1.54) is 14.2 Å². The predicted molar refractivity (Wildman–Crippen MR) is 83.1 cm³/mol. The van der Waals surface area contributed by atoms with Crippen molar-refractivity contribution in [1.29, 1.82) is 0 Å². The fraction of sp³-hybridized carbons (Fsp3) is 0.533. The van der Waals surface area contributed by atoms with Gasteiger partial charge in [0, 0.05) is 18.6 Å². The molecule has 1 aliphatic carbocycles. The van der Waals surface area contributed by atoms with Crippen LogP contribution in [0.3, 0.4) is 0 Å². The van der Waals surface area contributed by atoms with E-state index in [-0.39, 0.29) is 11.3 Å². The minimum Gasteiger partial charge on any atom is -0.493 e. The highest BCUT2D eigenvalue weighted by molar-refractivity contribution is 6.34. The minimum atomic E-state index is -0.0748. The summed E-state index contributed by atoms with van der Waals surface area (Å²) in [5, 5.41) is 3.25. The van der Waals surface area contributed by atoms with Crippen LogP contribution in [-0.2, 0) is 4.79 Å². The van der Waals surface area contributed by atoms with Gasteiger partial charge in [0.2, 0.25) is 5.91 Å². The molecule has 0 unspecified atom stereocenters. The van der Waals surface area contributed by atoms with E-state index in [9.17, 15) is 4.79 Å². The van der Waals surface area contributed by atoms with Crippen molar-refractivity contribution in [3.05, 3.63) is 17.2 Å². The van der Waals surface area contributed by atoms with Gasteiger partial charge in [-0.2, -0.15) is 0 Å². The molecule has 5 nitrogen and oxygen atoms in total. The smallest absolute Gasteiger partial charge is 0.225 e. The maximum absolute atomic E-state index is 12.2. The molecule has 3 N–H and O–H groups in total. The standard InChI is InChI=1S/C15H21ClN2O3/c1-20-12-6-10(16)11(7-13(12)21-2)18-14(19)8-15(9-17)4-3-5-15/h6-7H,3-5,8-9,17H2,1-2H3,(H,18,19). The maximum atomic E-state index is 12.2. The van der Waals surface area contributed by atoms with Crippen LogP contribution >= 0.6 is 11.6 Å². The molecule has 21 heavy (non-hydrogen) atoms. The third-order valence-electron chi connectivity index (χ3n) is 4.13. The number of hydrogen-bond donors (Lipinski definition) is 2. The molecule has 0 atom stereocenters. The average molecular weight is 313 g/mol. The molecular weight excluding hydrogens is 292 g/mol. The Morgan fingerprint density at radius 1 is 1.33 bits per heavy atom. The van der Waals surface area contributed by atoms with Crippen molar-refractivity contribution in [3.63, 3.8) is 0 Å². The molecule has 1 aromatic rings. The van der Waals surface area contributed by atoms with E-state index in [2.05, 4.69) is 5.32 Å². The quantitative estimate of drug-likeness (QED) is 0.847. The Hall–Kier alpha value is -1.46. The van der Waals surface area contributed by atoms with Crippen molar-refractivity contribution in [3.8, 4) is 11.5 Å². The summed E-state index contributed by atoms with van der Waals surface area (Å²) in [4.78, 5) is 12.2. The van der Waals surface area contributed by atoms with Crippen LogP contribution < -0.4 is 20.5 Å². The van der Waals surface area contributed by atoms with Crippen molar-refractivity contribution < 1.29 is 14.3 Å². The van der Waals surface area contributed by atoms with E-state index in [4.69, 9.17) is 26.8 Å². The number of ether oxygens (including phenoxy) is 2. The summed E-state index contributed by atoms with van der Waals surface area (Å²) in [6.45, 7) is 0.542. The first-order valence-electron chi connectivity index (χ1n) is 6.95. The van der Waals surface area contributed by atoms with Crippen LogP contribution in [-0.4, -0.2) is 26.7 Å². The van der Waals surface area contributed by atoms with Crippen LogP contribution in [0, 0.1) is 5.41 Å². The van der Waals surface area contributed by atoms with Gasteiger partial charge in [-0.25, -0.2) is 0 Å². The summed E-state index contributed by atoms with van der Waals surface area (Å²) >= 11 is 6.16. The van der Waals surface area contributed by atoms with Crippen LogP contribution in [0.25, 0.3) is 0 Å². The molecule has 0 radical (unpaired) electrons. The third-order valence-corrected chi connectivity index (χ3v) is 4.44. The highest BCUT2D eigenvalue weighted by Crippen LogP contribution is 2.43. The first-order valence-corrected chi connectivity index (χ1v) is 7.33. The SMILES string of the molecule is COc1cc(Cl)c(NC(=O)CC2(CN)CCC2)cc1OC. The molecular formula is C15H21ClN2O3. The molecule has 6 heteroatoms. The van der Waals surface area contributed by atoms with Crippen molar-refractivity contribution in [2.75, 3.05) is 26.1 Å². The molecule has 0 saturated heterocycles. The Kier molecular flexibility index (Phi) is 4.96. The molecule has 2 rings (SSSR count).